The highest BCUT2D eigenvalue weighted by atomic mass is 127. The zero-order valence-electron chi connectivity index (χ0n) is 15.8. The summed E-state index contributed by atoms with van der Waals surface area (Å²) in [5.41, 5.74) is 2.60. The van der Waals surface area contributed by atoms with Crippen LogP contribution in [0.3, 0.4) is 0 Å². The number of nitrogens with one attached hydrogen (secondary N) is 2. The monoisotopic (exact) mass is 460 g/mol. The molecule has 5 nitrogen and oxygen atoms in total. The molecular formula is C19H33IN4O. The van der Waals surface area contributed by atoms with Gasteiger partial charge in [0.2, 0.25) is 0 Å². The maximum atomic E-state index is 5.32. The molecule has 1 aliphatic heterocycles. The summed E-state index contributed by atoms with van der Waals surface area (Å²) in [6.07, 6.45) is 2.60. The molecule has 0 unspecified atom stereocenters. The summed E-state index contributed by atoms with van der Waals surface area (Å²) in [4.78, 5) is 6.72. The standard InChI is InChI=1S/C19H32N4O.HI/c1-4-24-14-11-21-19(20-3)22-15-17-5-7-18(8-6-17)23-12-9-16(2)10-13-23;/h5-8,16H,4,9-15H2,1-3H3,(H2,20,21,22);1H. The fraction of sp³-hybridized carbons (Fsp3) is 0.632. The van der Waals surface area contributed by atoms with Crippen LogP contribution in [-0.2, 0) is 11.3 Å². The van der Waals surface area contributed by atoms with Gasteiger partial charge in [-0.2, -0.15) is 0 Å². The maximum absolute atomic E-state index is 5.32. The topological polar surface area (TPSA) is 48.9 Å². The van der Waals surface area contributed by atoms with Crippen molar-refractivity contribution >= 4 is 35.6 Å². The van der Waals surface area contributed by atoms with Crippen LogP contribution in [0.15, 0.2) is 29.3 Å². The van der Waals surface area contributed by atoms with E-state index < -0.39 is 0 Å². The smallest absolute Gasteiger partial charge is 0.191 e. The number of guanidine groups is 1. The van der Waals surface area contributed by atoms with Crippen LogP contribution in [0.25, 0.3) is 0 Å². The van der Waals surface area contributed by atoms with Crippen molar-refractivity contribution in [3.05, 3.63) is 29.8 Å². The van der Waals surface area contributed by atoms with E-state index in [1.165, 1.54) is 37.2 Å². The Hall–Kier alpha value is -1.02. The van der Waals surface area contributed by atoms with Gasteiger partial charge in [-0.25, -0.2) is 0 Å². The second kappa shape index (κ2) is 12.4. The number of hydrogen-bond acceptors (Lipinski definition) is 3. The lowest BCUT2D eigenvalue weighted by atomic mass is 9.99. The first-order valence-corrected chi connectivity index (χ1v) is 9.09. The lowest BCUT2D eigenvalue weighted by Gasteiger charge is -2.32. The minimum absolute atomic E-state index is 0. The second-order valence-corrected chi connectivity index (χ2v) is 6.39. The lowest BCUT2D eigenvalue weighted by molar-refractivity contribution is 0.152. The van der Waals surface area contributed by atoms with Crippen LogP contribution in [0.2, 0.25) is 0 Å². The molecule has 1 fully saturated rings. The molecule has 25 heavy (non-hydrogen) atoms. The maximum Gasteiger partial charge on any atom is 0.191 e. The molecule has 0 amide bonds. The zero-order chi connectivity index (χ0) is 17.2. The van der Waals surface area contributed by atoms with Crippen molar-refractivity contribution in [3.8, 4) is 0 Å². The molecule has 0 atom stereocenters. The van der Waals surface area contributed by atoms with Crippen molar-refractivity contribution in [2.24, 2.45) is 10.9 Å². The Morgan fingerprint density at radius 3 is 2.48 bits per heavy atom. The molecule has 1 aromatic carbocycles. The summed E-state index contributed by atoms with van der Waals surface area (Å²) in [6, 6.07) is 8.87. The SMILES string of the molecule is CCOCCNC(=NC)NCc1ccc(N2CCC(C)CC2)cc1.I. The average Bonchev–Trinajstić information content (AvgIpc) is 2.62. The van der Waals surface area contributed by atoms with Crippen molar-refractivity contribution in [2.75, 3.05) is 44.8 Å². The van der Waals surface area contributed by atoms with Gasteiger partial charge < -0.3 is 20.3 Å². The number of anilines is 1. The Bertz CT molecular complexity index is 499. The Morgan fingerprint density at radius 1 is 1.20 bits per heavy atom. The normalized spacial score (nSPS) is 15.6. The fourth-order valence-electron chi connectivity index (χ4n) is 2.88. The number of ether oxygens (including phenoxy) is 1. The van der Waals surface area contributed by atoms with Gasteiger partial charge in [0.1, 0.15) is 0 Å². The lowest BCUT2D eigenvalue weighted by Crippen LogP contribution is -2.38. The molecule has 1 heterocycles. The summed E-state index contributed by atoms with van der Waals surface area (Å²) in [5.74, 6) is 1.68. The van der Waals surface area contributed by atoms with Crippen LogP contribution < -0.4 is 15.5 Å². The molecule has 0 radical (unpaired) electrons. The predicted octanol–water partition coefficient (Wildman–Crippen LogP) is 3.24. The number of rotatable bonds is 7. The number of halogens is 1. The molecule has 1 saturated heterocycles. The van der Waals surface area contributed by atoms with E-state index in [0.717, 1.165) is 31.6 Å². The highest BCUT2D eigenvalue weighted by Gasteiger charge is 2.15. The highest BCUT2D eigenvalue weighted by Crippen LogP contribution is 2.23. The minimum Gasteiger partial charge on any atom is -0.380 e. The third-order valence-corrected chi connectivity index (χ3v) is 4.51. The van der Waals surface area contributed by atoms with Crippen LogP contribution in [0, 0.1) is 5.92 Å². The van der Waals surface area contributed by atoms with Crippen molar-refractivity contribution in [1.82, 2.24) is 10.6 Å². The molecule has 0 aromatic heterocycles. The van der Waals surface area contributed by atoms with Crippen molar-refractivity contribution in [1.29, 1.82) is 0 Å². The van der Waals surface area contributed by atoms with Crippen LogP contribution in [-0.4, -0.2) is 45.9 Å². The molecular weight excluding hydrogens is 427 g/mol. The molecule has 0 bridgehead atoms. The summed E-state index contributed by atoms with van der Waals surface area (Å²) in [5, 5.41) is 6.58. The van der Waals surface area contributed by atoms with Gasteiger partial charge in [0.25, 0.3) is 0 Å². The van der Waals surface area contributed by atoms with Gasteiger partial charge in [-0.1, -0.05) is 19.1 Å². The number of hydrogen-bond donors (Lipinski definition) is 2. The van der Waals surface area contributed by atoms with Gasteiger partial charge in [0.05, 0.1) is 6.61 Å². The van der Waals surface area contributed by atoms with Crippen molar-refractivity contribution in [3.63, 3.8) is 0 Å². The Balaban J connectivity index is 0.00000312. The van der Waals surface area contributed by atoms with Gasteiger partial charge in [0.15, 0.2) is 5.96 Å². The van der Waals surface area contributed by atoms with Gasteiger partial charge in [0, 0.05) is 45.5 Å². The molecule has 1 aromatic rings. The van der Waals surface area contributed by atoms with Gasteiger partial charge in [-0.05, 0) is 43.4 Å². The number of benzene rings is 1. The first-order valence-electron chi connectivity index (χ1n) is 9.09. The van der Waals surface area contributed by atoms with Gasteiger partial charge in [-0.3, -0.25) is 4.99 Å². The Labute approximate surface area is 169 Å². The van der Waals surface area contributed by atoms with Crippen LogP contribution >= 0.6 is 24.0 Å². The number of piperidine rings is 1. The second-order valence-electron chi connectivity index (χ2n) is 6.39. The molecule has 0 saturated carbocycles. The van der Waals surface area contributed by atoms with E-state index in [4.69, 9.17) is 4.74 Å². The molecule has 2 rings (SSSR count). The average molecular weight is 460 g/mol. The van der Waals surface area contributed by atoms with Gasteiger partial charge in [-0.15, -0.1) is 24.0 Å². The first kappa shape index (κ1) is 22.0. The molecule has 142 valence electrons. The molecule has 6 heteroatoms. The summed E-state index contributed by atoms with van der Waals surface area (Å²) < 4.78 is 5.32. The van der Waals surface area contributed by atoms with E-state index >= 15 is 0 Å². The Kier molecular flexibility index (Phi) is 10.9. The number of nitrogens with zero attached hydrogens (tertiary/aromatic N) is 2. The number of aliphatic imine (C=N–C) groups is 1. The minimum atomic E-state index is 0. The largest absolute Gasteiger partial charge is 0.380 e. The van der Waals surface area contributed by atoms with E-state index in [1.54, 1.807) is 7.05 Å². The highest BCUT2D eigenvalue weighted by molar-refractivity contribution is 14.0. The molecule has 0 aliphatic carbocycles. The van der Waals surface area contributed by atoms with Crippen LogP contribution in [0.1, 0.15) is 32.3 Å². The first-order chi connectivity index (χ1) is 11.7. The van der Waals surface area contributed by atoms with Crippen LogP contribution in [0.5, 0.6) is 0 Å². The summed E-state index contributed by atoms with van der Waals surface area (Å²) in [6.45, 7) is 9.68. The van der Waals surface area contributed by atoms with E-state index in [0.29, 0.717) is 6.61 Å². The molecule has 0 spiro atoms. The fourth-order valence-corrected chi connectivity index (χ4v) is 2.88. The molecule has 2 N–H and O–H groups in total. The zero-order valence-corrected chi connectivity index (χ0v) is 18.1. The van der Waals surface area contributed by atoms with Gasteiger partial charge >= 0.3 is 0 Å². The Morgan fingerprint density at radius 2 is 1.88 bits per heavy atom. The van der Waals surface area contributed by atoms with E-state index in [-0.39, 0.29) is 24.0 Å². The third-order valence-electron chi connectivity index (χ3n) is 4.51. The van der Waals surface area contributed by atoms with Crippen molar-refractivity contribution in [2.45, 2.75) is 33.2 Å². The molecule has 1 aliphatic rings. The van der Waals surface area contributed by atoms with E-state index in [2.05, 4.69) is 51.7 Å². The van der Waals surface area contributed by atoms with Crippen LogP contribution in [0.4, 0.5) is 5.69 Å². The predicted molar refractivity (Wildman–Crippen MR) is 117 cm³/mol. The van der Waals surface area contributed by atoms with E-state index in [9.17, 15) is 0 Å². The van der Waals surface area contributed by atoms with Crippen molar-refractivity contribution < 1.29 is 4.74 Å². The third kappa shape index (κ3) is 7.81. The quantitative estimate of drug-likeness (QED) is 0.284. The van der Waals surface area contributed by atoms with E-state index in [1.807, 2.05) is 6.92 Å². The summed E-state index contributed by atoms with van der Waals surface area (Å²) in [7, 11) is 1.79. The summed E-state index contributed by atoms with van der Waals surface area (Å²) >= 11 is 0.